The first kappa shape index (κ1) is 14.1. The molecule has 0 spiro atoms. The number of halogens is 1. The minimum atomic E-state index is 0.505. The van der Waals surface area contributed by atoms with Gasteiger partial charge in [0, 0.05) is 29.5 Å². The van der Waals surface area contributed by atoms with Crippen molar-refractivity contribution in [2.24, 2.45) is 0 Å². The third-order valence-corrected chi connectivity index (χ3v) is 4.47. The van der Waals surface area contributed by atoms with Crippen LogP contribution in [0, 0.1) is 0 Å². The molecule has 0 fully saturated rings. The van der Waals surface area contributed by atoms with E-state index in [-0.39, 0.29) is 0 Å². The average molecular weight is 347 g/mol. The molecule has 25 heavy (non-hydrogen) atoms. The number of aromatic amines is 1. The molecule has 0 radical (unpaired) electrons. The fourth-order valence-corrected chi connectivity index (χ4v) is 3.24. The Morgan fingerprint density at radius 3 is 2.76 bits per heavy atom. The van der Waals surface area contributed by atoms with Gasteiger partial charge in [-0.15, -0.1) is 0 Å². The molecule has 0 aliphatic heterocycles. The summed E-state index contributed by atoms with van der Waals surface area (Å²) in [6.07, 6.45) is 7.00. The molecule has 0 aliphatic carbocycles. The molecular formula is C18H11ClN6. The van der Waals surface area contributed by atoms with Gasteiger partial charge in [0.25, 0.3) is 0 Å². The van der Waals surface area contributed by atoms with Gasteiger partial charge in [-0.3, -0.25) is 10.1 Å². The van der Waals surface area contributed by atoms with Crippen molar-refractivity contribution >= 4 is 28.2 Å². The predicted octanol–water partition coefficient (Wildman–Crippen LogP) is 3.99. The zero-order valence-corrected chi connectivity index (χ0v) is 13.6. The fraction of sp³-hybridized carbons (Fsp3) is 0. The van der Waals surface area contributed by atoms with Crippen molar-refractivity contribution in [2.45, 2.75) is 0 Å². The smallest absolute Gasteiger partial charge is 0.165 e. The molecule has 0 saturated carbocycles. The van der Waals surface area contributed by atoms with E-state index >= 15 is 0 Å². The van der Waals surface area contributed by atoms with Gasteiger partial charge in [-0.2, -0.15) is 10.2 Å². The zero-order chi connectivity index (χ0) is 16.8. The van der Waals surface area contributed by atoms with Crippen LogP contribution in [0.1, 0.15) is 0 Å². The number of pyridine rings is 1. The minimum Gasteiger partial charge on any atom is -0.278 e. The maximum atomic E-state index is 6.34. The molecule has 1 N–H and O–H groups in total. The van der Waals surface area contributed by atoms with E-state index in [9.17, 15) is 0 Å². The molecule has 4 aromatic heterocycles. The number of benzene rings is 1. The second-order valence-corrected chi connectivity index (χ2v) is 5.99. The lowest BCUT2D eigenvalue weighted by molar-refractivity contribution is 0.944. The number of aromatic nitrogens is 6. The minimum absolute atomic E-state index is 0.505. The summed E-state index contributed by atoms with van der Waals surface area (Å²) >= 11 is 6.34. The van der Waals surface area contributed by atoms with Crippen LogP contribution in [0.5, 0.6) is 0 Å². The van der Waals surface area contributed by atoms with Gasteiger partial charge < -0.3 is 0 Å². The first-order chi connectivity index (χ1) is 12.3. The summed E-state index contributed by atoms with van der Waals surface area (Å²) < 4.78 is 1.66. The number of H-pyrrole nitrogens is 1. The molecule has 5 aromatic rings. The van der Waals surface area contributed by atoms with Crippen molar-refractivity contribution < 1.29 is 0 Å². The average Bonchev–Trinajstić information content (AvgIpc) is 3.27. The van der Waals surface area contributed by atoms with Crippen LogP contribution in [-0.4, -0.2) is 29.8 Å². The molecule has 0 atom stereocenters. The SMILES string of the molecule is Clc1ccnc2c(-c3cccc4[nH]ncc34)c(-c3ccncc3)nn12. The highest BCUT2D eigenvalue weighted by Crippen LogP contribution is 2.38. The Hall–Kier alpha value is -3.25. The molecule has 120 valence electrons. The third-order valence-electron chi connectivity index (χ3n) is 4.18. The van der Waals surface area contributed by atoms with Gasteiger partial charge in [0.1, 0.15) is 10.8 Å². The van der Waals surface area contributed by atoms with E-state index in [1.54, 1.807) is 29.2 Å². The van der Waals surface area contributed by atoms with Crippen molar-refractivity contribution in [3.8, 4) is 22.4 Å². The number of hydrogen-bond acceptors (Lipinski definition) is 4. The van der Waals surface area contributed by atoms with Crippen LogP contribution in [0.15, 0.2) is 61.2 Å². The van der Waals surface area contributed by atoms with E-state index in [1.165, 1.54) is 0 Å². The Bertz CT molecular complexity index is 1210. The Morgan fingerprint density at radius 2 is 1.88 bits per heavy atom. The van der Waals surface area contributed by atoms with Crippen LogP contribution in [0.4, 0.5) is 0 Å². The normalized spacial score (nSPS) is 11.4. The highest BCUT2D eigenvalue weighted by atomic mass is 35.5. The summed E-state index contributed by atoms with van der Waals surface area (Å²) in [6.45, 7) is 0. The Kier molecular flexibility index (Phi) is 3.05. The molecule has 4 heterocycles. The van der Waals surface area contributed by atoms with E-state index in [0.29, 0.717) is 10.8 Å². The van der Waals surface area contributed by atoms with Crippen LogP contribution in [0.3, 0.4) is 0 Å². The van der Waals surface area contributed by atoms with Crippen molar-refractivity contribution in [1.82, 2.24) is 29.8 Å². The summed E-state index contributed by atoms with van der Waals surface area (Å²) in [5.41, 5.74) is 5.33. The van der Waals surface area contributed by atoms with Gasteiger partial charge in [0.2, 0.25) is 0 Å². The monoisotopic (exact) mass is 346 g/mol. The van der Waals surface area contributed by atoms with E-state index in [4.69, 9.17) is 16.7 Å². The van der Waals surface area contributed by atoms with Gasteiger partial charge in [-0.25, -0.2) is 9.50 Å². The molecule has 6 nitrogen and oxygen atoms in total. The van der Waals surface area contributed by atoms with Crippen molar-refractivity contribution in [2.75, 3.05) is 0 Å². The maximum absolute atomic E-state index is 6.34. The third kappa shape index (κ3) is 2.11. The lowest BCUT2D eigenvalue weighted by Gasteiger charge is -2.05. The number of nitrogens with one attached hydrogen (secondary N) is 1. The van der Waals surface area contributed by atoms with E-state index in [1.807, 2.05) is 36.5 Å². The first-order valence-corrected chi connectivity index (χ1v) is 8.07. The predicted molar refractivity (Wildman–Crippen MR) is 96.3 cm³/mol. The molecular weight excluding hydrogens is 336 g/mol. The van der Waals surface area contributed by atoms with Crippen LogP contribution >= 0.6 is 11.6 Å². The van der Waals surface area contributed by atoms with Gasteiger partial charge in [-0.1, -0.05) is 23.7 Å². The van der Waals surface area contributed by atoms with E-state index in [0.717, 1.165) is 33.3 Å². The second-order valence-electron chi connectivity index (χ2n) is 5.60. The van der Waals surface area contributed by atoms with Gasteiger partial charge in [0.15, 0.2) is 5.65 Å². The van der Waals surface area contributed by atoms with Gasteiger partial charge >= 0.3 is 0 Å². The van der Waals surface area contributed by atoms with Crippen LogP contribution < -0.4 is 0 Å². The maximum Gasteiger partial charge on any atom is 0.165 e. The van der Waals surface area contributed by atoms with Crippen LogP contribution in [0.2, 0.25) is 5.15 Å². The summed E-state index contributed by atoms with van der Waals surface area (Å²) in [4.78, 5) is 8.62. The molecule has 7 heteroatoms. The number of rotatable bonds is 2. The number of hydrogen-bond donors (Lipinski definition) is 1. The largest absolute Gasteiger partial charge is 0.278 e. The van der Waals surface area contributed by atoms with E-state index < -0.39 is 0 Å². The fourth-order valence-electron chi connectivity index (χ4n) is 3.06. The second kappa shape index (κ2) is 5.39. The molecule has 1 aromatic carbocycles. The quantitative estimate of drug-likeness (QED) is 0.490. The number of nitrogens with zero attached hydrogens (tertiary/aromatic N) is 5. The van der Waals surface area contributed by atoms with Crippen molar-refractivity contribution in [1.29, 1.82) is 0 Å². The topological polar surface area (TPSA) is 71.8 Å². The first-order valence-electron chi connectivity index (χ1n) is 7.69. The molecule has 0 bridgehead atoms. The highest BCUT2D eigenvalue weighted by molar-refractivity contribution is 6.29. The highest BCUT2D eigenvalue weighted by Gasteiger charge is 2.20. The van der Waals surface area contributed by atoms with Crippen molar-refractivity contribution in [3.63, 3.8) is 0 Å². The number of fused-ring (bicyclic) bond motifs is 2. The Balaban J connectivity index is 1.94. The molecule has 0 amide bonds. The zero-order valence-electron chi connectivity index (χ0n) is 12.9. The summed E-state index contributed by atoms with van der Waals surface area (Å²) in [5.74, 6) is 0. The lowest BCUT2D eigenvalue weighted by Crippen LogP contribution is -1.91. The van der Waals surface area contributed by atoms with Crippen LogP contribution in [0.25, 0.3) is 38.9 Å². The Labute approximate surface area is 147 Å². The summed E-state index contributed by atoms with van der Waals surface area (Å²) in [5, 5.41) is 13.4. The summed E-state index contributed by atoms with van der Waals surface area (Å²) in [7, 11) is 0. The molecule has 0 unspecified atom stereocenters. The molecule has 5 rings (SSSR count). The van der Waals surface area contributed by atoms with Gasteiger partial charge in [-0.05, 0) is 29.8 Å². The standard InChI is InChI=1S/C18H11ClN6/c19-15-6-9-21-18-16(12-2-1-3-14-13(12)10-22-23-14)17(24-25(15)18)11-4-7-20-8-5-11/h1-10H,(H,22,23). The molecule has 0 saturated heterocycles. The van der Waals surface area contributed by atoms with E-state index in [2.05, 4.69) is 20.2 Å². The van der Waals surface area contributed by atoms with Crippen LogP contribution in [-0.2, 0) is 0 Å². The lowest BCUT2D eigenvalue weighted by atomic mass is 9.99. The van der Waals surface area contributed by atoms with Gasteiger partial charge in [0.05, 0.1) is 17.3 Å². The molecule has 0 aliphatic rings. The van der Waals surface area contributed by atoms with Crippen molar-refractivity contribution in [3.05, 3.63) is 66.3 Å². The summed E-state index contributed by atoms with van der Waals surface area (Å²) in [6, 6.07) is 11.6. The Morgan fingerprint density at radius 1 is 1.00 bits per heavy atom.